The Morgan fingerprint density at radius 1 is 1.18 bits per heavy atom. The molecule has 0 fully saturated rings. The van der Waals surface area contributed by atoms with E-state index in [4.69, 9.17) is 14.5 Å². The van der Waals surface area contributed by atoms with Gasteiger partial charge < -0.3 is 20.1 Å². The molecule has 1 heterocycles. The summed E-state index contributed by atoms with van der Waals surface area (Å²) in [5.41, 5.74) is 2.10. The fourth-order valence-electron chi connectivity index (χ4n) is 2.95. The highest BCUT2D eigenvalue weighted by molar-refractivity contribution is 5.94. The fraction of sp³-hybridized carbons (Fsp3) is 0.455. The van der Waals surface area contributed by atoms with E-state index in [9.17, 15) is 0 Å². The molecule has 1 aromatic carbocycles. The predicted molar refractivity (Wildman–Crippen MR) is 116 cm³/mol. The van der Waals surface area contributed by atoms with E-state index in [0.717, 1.165) is 23.9 Å². The van der Waals surface area contributed by atoms with Crippen molar-refractivity contribution in [3.05, 3.63) is 48.3 Å². The number of methoxy groups -OCH3 is 1. The summed E-state index contributed by atoms with van der Waals surface area (Å²) >= 11 is 0. The Morgan fingerprint density at radius 3 is 2.61 bits per heavy atom. The zero-order chi connectivity index (χ0) is 20.4. The number of ether oxygens (including phenoxy) is 2. The van der Waals surface area contributed by atoms with Gasteiger partial charge in [0.05, 0.1) is 13.7 Å². The first-order valence-corrected chi connectivity index (χ1v) is 9.85. The maximum absolute atomic E-state index is 5.59. The molecule has 6 nitrogen and oxygen atoms in total. The number of aliphatic imine (C=N–C) groups is 1. The van der Waals surface area contributed by atoms with Gasteiger partial charge in [0.15, 0.2) is 17.5 Å². The van der Waals surface area contributed by atoms with E-state index in [1.807, 2.05) is 37.4 Å². The lowest BCUT2D eigenvalue weighted by Crippen LogP contribution is -2.31. The molecule has 2 N–H and O–H groups in total. The van der Waals surface area contributed by atoms with Crippen LogP contribution in [-0.4, -0.2) is 37.7 Å². The van der Waals surface area contributed by atoms with Crippen LogP contribution >= 0.6 is 0 Å². The number of hydrogen-bond donors (Lipinski definition) is 2. The number of rotatable bonds is 9. The molecule has 2 aromatic rings. The van der Waals surface area contributed by atoms with E-state index >= 15 is 0 Å². The smallest absolute Gasteiger partial charge is 0.195 e. The Balaban J connectivity index is 2.17. The third kappa shape index (κ3) is 6.15. The topological polar surface area (TPSA) is 67.8 Å². The molecule has 0 bridgehead atoms. The molecular weight excluding hydrogens is 352 g/mol. The second kappa shape index (κ2) is 11.2. The number of nitrogens with one attached hydrogen (secondary N) is 2. The lowest BCUT2D eigenvalue weighted by atomic mass is 9.89. The van der Waals surface area contributed by atoms with Crippen molar-refractivity contribution in [2.24, 2.45) is 10.9 Å². The van der Waals surface area contributed by atoms with Crippen LogP contribution in [0, 0.1) is 5.92 Å². The van der Waals surface area contributed by atoms with Gasteiger partial charge in [-0.3, -0.25) is 9.98 Å². The Morgan fingerprint density at radius 2 is 2.00 bits per heavy atom. The Labute approximate surface area is 168 Å². The maximum Gasteiger partial charge on any atom is 0.195 e. The van der Waals surface area contributed by atoms with Gasteiger partial charge in [-0.1, -0.05) is 19.9 Å². The van der Waals surface area contributed by atoms with E-state index in [0.29, 0.717) is 30.7 Å². The van der Waals surface area contributed by atoms with Crippen LogP contribution in [0.5, 0.6) is 11.5 Å². The van der Waals surface area contributed by atoms with Crippen LogP contribution in [0.15, 0.2) is 47.7 Å². The summed E-state index contributed by atoms with van der Waals surface area (Å²) in [7, 11) is 1.64. The van der Waals surface area contributed by atoms with Gasteiger partial charge >= 0.3 is 0 Å². The van der Waals surface area contributed by atoms with Crippen LogP contribution in [0.25, 0.3) is 0 Å². The van der Waals surface area contributed by atoms with E-state index < -0.39 is 0 Å². The molecule has 152 valence electrons. The average molecular weight is 385 g/mol. The van der Waals surface area contributed by atoms with Gasteiger partial charge in [-0.2, -0.15) is 0 Å². The minimum atomic E-state index is 0.305. The molecule has 0 aliphatic heterocycles. The van der Waals surface area contributed by atoms with Crippen molar-refractivity contribution < 1.29 is 9.47 Å². The van der Waals surface area contributed by atoms with Crippen LogP contribution in [0.1, 0.15) is 39.2 Å². The van der Waals surface area contributed by atoms with E-state index in [1.54, 1.807) is 13.3 Å². The fourth-order valence-corrected chi connectivity index (χ4v) is 2.95. The molecule has 1 aromatic heterocycles. The van der Waals surface area contributed by atoms with Crippen LogP contribution in [0.4, 0.5) is 5.69 Å². The number of guanidine groups is 1. The molecule has 1 atom stereocenters. The van der Waals surface area contributed by atoms with Crippen molar-refractivity contribution >= 4 is 11.6 Å². The minimum Gasteiger partial charge on any atom is -0.493 e. The van der Waals surface area contributed by atoms with Crippen molar-refractivity contribution in [2.75, 3.05) is 32.1 Å². The number of anilines is 1. The minimum absolute atomic E-state index is 0.305. The first kappa shape index (κ1) is 21.5. The van der Waals surface area contributed by atoms with Crippen molar-refractivity contribution in [1.82, 2.24) is 10.3 Å². The van der Waals surface area contributed by atoms with E-state index in [2.05, 4.69) is 42.5 Å². The van der Waals surface area contributed by atoms with Crippen molar-refractivity contribution in [2.45, 2.75) is 33.6 Å². The van der Waals surface area contributed by atoms with E-state index in [1.165, 1.54) is 5.56 Å². The number of nitrogens with zero attached hydrogens (tertiary/aromatic N) is 2. The number of hydrogen-bond acceptors (Lipinski definition) is 4. The van der Waals surface area contributed by atoms with Gasteiger partial charge in [0.25, 0.3) is 0 Å². The summed E-state index contributed by atoms with van der Waals surface area (Å²) in [4.78, 5) is 9.07. The van der Waals surface area contributed by atoms with Crippen LogP contribution < -0.4 is 20.1 Å². The molecule has 0 saturated carbocycles. The largest absolute Gasteiger partial charge is 0.493 e. The normalized spacial score (nSPS) is 12.6. The highest BCUT2D eigenvalue weighted by Crippen LogP contribution is 2.30. The Bertz CT molecular complexity index is 747. The first-order valence-electron chi connectivity index (χ1n) is 9.85. The predicted octanol–water partition coefficient (Wildman–Crippen LogP) is 4.31. The van der Waals surface area contributed by atoms with Gasteiger partial charge in [-0.25, -0.2) is 0 Å². The molecule has 0 spiro atoms. The van der Waals surface area contributed by atoms with Crippen molar-refractivity contribution in [3.63, 3.8) is 0 Å². The van der Waals surface area contributed by atoms with Gasteiger partial charge in [0, 0.05) is 43.2 Å². The standard InChI is InChI=1S/C22H32N4O2/c1-6-24-22(25-15-19(16(3)4)17-9-8-12-23-14-17)26-18-10-11-20(28-7-2)21(13-18)27-5/h8-14,16,19H,6-7,15H2,1-5H3,(H2,24,25,26). The molecule has 0 aliphatic rings. The summed E-state index contributed by atoms with van der Waals surface area (Å²) in [5, 5.41) is 6.66. The van der Waals surface area contributed by atoms with Gasteiger partial charge in [-0.15, -0.1) is 0 Å². The zero-order valence-electron chi connectivity index (χ0n) is 17.5. The zero-order valence-corrected chi connectivity index (χ0v) is 17.5. The lowest BCUT2D eigenvalue weighted by Gasteiger charge is -2.20. The molecule has 6 heteroatoms. The maximum atomic E-state index is 5.59. The molecule has 0 saturated heterocycles. The van der Waals surface area contributed by atoms with Crippen molar-refractivity contribution in [1.29, 1.82) is 0 Å². The van der Waals surface area contributed by atoms with Crippen LogP contribution in [0.2, 0.25) is 0 Å². The molecule has 0 amide bonds. The van der Waals surface area contributed by atoms with E-state index in [-0.39, 0.29) is 0 Å². The third-order valence-corrected chi connectivity index (χ3v) is 4.43. The SMILES string of the molecule is CCNC(=NCC(c1cccnc1)C(C)C)Nc1ccc(OCC)c(OC)c1. The summed E-state index contributed by atoms with van der Waals surface area (Å²) < 4.78 is 11.0. The second-order valence-corrected chi connectivity index (χ2v) is 6.78. The number of pyridine rings is 1. The molecule has 0 radical (unpaired) electrons. The second-order valence-electron chi connectivity index (χ2n) is 6.78. The molecule has 0 aliphatic carbocycles. The molecular formula is C22H32N4O2. The summed E-state index contributed by atoms with van der Waals surface area (Å²) in [6.45, 7) is 10.5. The Kier molecular flexibility index (Phi) is 8.59. The highest BCUT2D eigenvalue weighted by atomic mass is 16.5. The van der Waals surface area contributed by atoms with Crippen LogP contribution in [-0.2, 0) is 0 Å². The summed E-state index contributed by atoms with van der Waals surface area (Å²) in [5.74, 6) is 2.93. The summed E-state index contributed by atoms with van der Waals surface area (Å²) in [6, 6.07) is 9.87. The number of benzene rings is 1. The first-order chi connectivity index (χ1) is 13.6. The average Bonchev–Trinajstić information content (AvgIpc) is 2.70. The molecule has 1 unspecified atom stereocenters. The van der Waals surface area contributed by atoms with Gasteiger partial charge in [-0.05, 0) is 43.5 Å². The number of aromatic nitrogens is 1. The molecule has 28 heavy (non-hydrogen) atoms. The lowest BCUT2D eigenvalue weighted by molar-refractivity contribution is 0.311. The third-order valence-electron chi connectivity index (χ3n) is 4.43. The summed E-state index contributed by atoms with van der Waals surface area (Å²) in [6.07, 6.45) is 3.73. The quantitative estimate of drug-likeness (QED) is 0.498. The Hall–Kier alpha value is -2.76. The van der Waals surface area contributed by atoms with Crippen LogP contribution in [0.3, 0.4) is 0 Å². The highest BCUT2D eigenvalue weighted by Gasteiger charge is 2.16. The monoisotopic (exact) mass is 384 g/mol. The van der Waals surface area contributed by atoms with Gasteiger partial charge in [0.2, 0.25) is 0 Å². The van der Waals surface area contributed by atoms with Gasteiger partial charge in [0.1, 0.15) is 0 Å². The molecule has 2 rings (SSSR count). The van der Waals surface area contributed by atoms with Crippen molar-refractivity contribution in [3.8, 4) is 11.5 Å².